The van der Waals surface area contributed by atoms with Gasteiger partial charge in [-0.1, -0.05) is 37.3 Å². The zero-order valence-electron chi connectivity index (χ0n) is 24.9. The van der Waals surface area contributed by atoms with Gasteiger partial charge in [0.15, 0.2) is 11.5 Å². The third-order valence-corrected chi connectivity index (χ3v) is 8.36. The Morgan fingerprint density at radius 3 is 2.14 bits per heavy atom. The van der Waals surface area contributed by atoms with Crippen LogP contribution in [0.1, 0.15) is 32.8 Å². The average molecular weight is 598 g/mol. The van der Waals surface area contributed by atoms with Gasteiger partial charge in [0, 0.05) is 18.7 Å². The van der Waals surface area contributed by atoms with Gasteiger partial charge in [-0.25, -0.2) is 8.42 Å². The zero-order chi connectivity index (χ0) is 30.9. The molecule has 0 heterocycles. The number of ether oxygens (including phenoxy) is 3. The van der Waals surface area contributed by atoms with Gasteiger partial charge < -0.3 is 24.4 Å². The summed E-state index contributed by atoms with van der Waals surface area (Å²) in [5, 5.41) is 2.89. The van der Waals surface area contributed by atoms with Gasteiger partial charge in [0.1, 0.15) is 18.3 Å². The molecule has 0 aromatic heterocycles. The lowest BCUT2D eigenvalue weighted by atomic mass is 10.1. The van der Waals surface area contributed by atoms with Gasteiger partial charge in [-0.05, 0) is 62.2 Å². The van der Waals surface area contributed by atoms with E-state index in [1.54, 1.807) is 55.6 Å². The number of amides is 2. The summed E-state index contributed by atoms with van der Waals surface area (Å²) in [5.74, 6) is 0.413. The van der Waals surface area contributed by atoms with Crippen molar-refractivity contribution in [2.45, 2.75) is 50.7 Å². The molecule has 0 aliphatic rings. The van der Waals surface area contributed by atoms with Gasteiger partial charge in [0.2, 0.25) is 11.8 Å². The molecule has 0 spiro atoms. The Bertz CT molecular complexity index is 1460. The molecule has 42 heavy (non-hydrogen) atoms. The molecule has 0 saturated heterocycles. The van der Waals surface area contributed by atoms with Gasteiger partial charge >= 0.3 is 0 Å². The van der Waals surface area contributed by atoms with E-state index in [2.05, 4.69) is 5.32 Å². The van der Waals surface area contributed by atoms with Crippen molar-refractivity contribution in [1.29, 1.82) is 0 Å². The molecule has 0 aliphatic carbocycles. The van der Waals surface area contributed by atoms with Crippen LogP contribution >= 0.6 is 0 Å². The maximum Gasteiger partial charge on any atom is 0.264 e. The van der Waals surface area contributed by atoms with Gasteiger partial charge in [-0.15, -0.1) is 0 Å². The third kappa shape index (κ3) is 7.73. The van der Waals surface area contributed by atoms with E-state index in [4.69, 9.17) is 14.2 Å². The van der Waals surface area contributed by atoms with Gasteiger partial charge in [0.05, 0.1) is 31.9 Å². The molecule has 1 unspecified atom stereocenters. The summed E-state index contributed by atoms with van der Waals surface area (Å²) in [6, 6.07) is 18.7. The Labute approximate surface area is 248 Å². The molecule has 11 heteroatoms. The maximum atomic E-state index is 14.2. The Balaban J connectivity index is 2.11. The number of carbonyl (C=O) groups is 2. The Hall–Kier alpha value is -4.25. The fourth-order valence-corrected chi connectivity index (χ4v) is 5.92. The van der Waals surface area contributed by atoms with Crippen molar-refractivity contribution >= 4 is 27.5 Å². The molecule has 0 saturated carbocycles. The average Bonchev–Trinajstić information content (AvgIpc) is 2.99. The second-order valence-electron chi connectivity index (χ2n) is 9.82. The van der Waals surface area contributed by atoms with Gasteiger partial charge in [0.25, 0.3) is 10.0 Å². The van der Waals surface area contributed by atoms with E-state index in [0.29, 0.717) is 23.7 Å². The van der Waals surface area contributed by atoms with Crippen molar-refractivity contribution in [2.24, 2.45) is 0 Å². The molecular formula is C31H39N3O7S. The summed E-state index contributed by atoms with van der Waals surface area (Å²) in [6.45, 7) is 4.98. The molecule has 3 aromatic carbocycles. The summed E-state index contributed by atoms with van der Waals surface area (Å²) < 4.78 is 45.1. The molecule has 0 radical (unpaired) electrons. The van der Waals surface area contributed by atoms with Crippen molar-refractivity contribution in [3.8, 4) is 17.2 Å². The first kappa shape index (κ1) is 32.3. The van der Waals surface area contributed by atoms with E-state index in [9.17, 15) is 18.0 Å². The number of benzene rings is 3. The van der Waals surface area contributed by atoms with Crippen LogP contribution in [0.5, 0.6) is 17.2 Å². The highest BCUT2D eigenvalue weighted by atomic mass is 32.2. The standard InChI is InChI=1S/C31H39N3O7S/c1-7-27(31(36)32-22(2)3)33(20-23-12-11-13-25(18-23)39-4)30(35)21-34(42(37,38)26-14-9-8-10-15-26)24-16-17-28(40-5)29(19-24)41-6/h8-19,22,27H,7,20-21H2,1-6H3,(H,32,36). The molecule has 0 aliphatic heterocycles. The topological polar surface area (TPSA) is 114 Å². The van der Waals surface area contributed by atoms with Crippen molar-refractivity contribution in [3.63, 3.8) is 0 Å². The van der Waals surface area contributed by atoms with Crippen molar-refractivity contribution in [2.75, 3.05) is 32.2 Å². The van der Waals surface area contributed by atoms with Crippen LogP contribution in [0.4, 0.5) is 5.69 Å². The van der Waals surface area contributed by atoms with E-state index in [1.807, 2.05) is 26.8 Å². The first-order valence-corrected chi connectivity index (χ1v) is 15.0. The number of hydrogen-bond donors (Lipinski definition) is 1. The highest BCUT2D eigenvalue weighted by Crippen LogP contribution is 2.34. The third-order valence-electron chi connectivity index (χ3n) is 6.57. The van der Waals surface area contributed by atoms with Crippen LogP contribution < -0.4 is 23.8 Å². The molecule has 10 nitrogen and oxygen atoms in total. The SMILES string of the molecule is CCC(C(=O)NC(C)C)N(Cc1cccc(OC)c1)C(=O)CN(c1ccc(OC)c(OC)c1)S(=O)(=O)c1ccccc1. The van der Waals surface area contributed by atoms with Crippen LogP contribution in [-0.2, 0) is 26.2 Å². The second kappa shape index (κ2) is 14.6. The summed E-state index contributed by atoms with van der Waals surface area (Å²) in [6.07, 6.45) is 0.316. The molecule has 226 valence electrons. The van der Waals surface area contributed by atoms with Crippen molar-refractivity contribution in [1.82, 2.24) is 10.2 Å². The number of methoxy groups -OCH3 is 3. The minimum atomic E-state index is -4.21. The van der Waals surface area contributed by atoms with Crippen molar-refractivity contribution < 1.29 is 32.2 Å². The molecule has 3 rings (SSSR count). The van der Waals surface area contributed by atoms with E-state index < -0.39 is 28.5 Å². The summed E-state index contributed by atoms with van der Waals surface area (Å²) in [5.41, 5.74) is 0.924. The zero-order valence-corrected chi connectivity index (χ0v) is 25.7. The number of nitrogens with zero attached hydrogens (tertiary/aromatic N) is 2. The molecular weight excluding hydrogens is 558 g/mol. The maximum absolute atomic E-state index is 14.2. The lowest BCUT2D eigenvalue weighted by molar-refractivity contribution is -0.140. The molecule has 0 bridgehead atoms. The van der Waals surface area contributed by atoms with Crippen LogP contribution in [0.3, 0.4) is 0 Å². The smallest absolute Gasteiger partial charge is 0.264 e. The largest absolute Gasteiger partial charge is 0.497 e. The highest BCUT2D eigenvalue weighted by Gasteiger charge is 2.34. The number of rotatable bonds is 14. The fourth-order valence-electron chi connectivity index (χ4n) is 4.50. The van der Waals surface area contributed by atoms with Crippen molar-refractivity contribution in [3.05, 3.63) is 78.4 Å². The Morgan fingerprint density at radius 1 is 0.857 bits per heavy atom. The molecule has 2 amide bonds. The first-order valence-electron chi connectivity index (χ1n) is 13.6. The van der Waals surface area contributed by atoms with E-state index in [0.717, 1.165) is 9.87 Å². The minimum absolute atomic E-state index is 0.0107. The van der Waals surface area contributed by atoms with Crippen LogP contribution in [-0.4, -0.2) is 65.1 Å². The molecule has 1 atom stereocenters. The minimum Gasteiger partial charge on any atom is -0.497 e. The number of sulfonamides is 1. The fraction of sp³-hybridized carbons (Fsp3) is 0.355. The highest BCUT2D eigenvalue weighted by molar-refractivity contribution is 7.92. The van der Waals surface area contributed by atoms with E-state index >= 15 is 0 Å². The Kier molecular flexibility index (Phi) is 11.2. The van der Waals surface area contributed by atoms with Crippen LogP contribution in [0, 0.1) is 0 Å². The lowest BCUT2D eigenvalue weighted by Gasteiger charge is -2.33. The lowest BCUT2D eigenvalue weighted by Crippen LogP contribution is -2.53. The number of hydrogen-bond acceptors (Lipinski definition) is 7. The summed E-state index contributed by atoms with van der Waals surface area (Å²) >= 11 is 0. The van der Waals surface area contributed by atoms with Gasteiger partial charge in [-0.2, -0.15) is 0 Å². The van der Waals surface area contributed by atoms with Crippen LogP contribution in [0.25, 0.3) is 0 Å². The quantitative estimate of drug-likeness (QED) is 0.296. The molecule has 3 aromatic rings. The Morgan fingerprint density at radius 2 is 1.55 bits per heavy atom. The summed E-state index contributed by atoms with van der Waals surface area (Å²) in [7, 11) is 0.248. The number of anilines is 1. The van der Waals surface area contributed by atoms with Crippen LogP contribution in [0.15, 0.2) is 77.7 Å². The second-order valence-corrected chi connectivity index (χ2v) is 11.7. The predicted molar refractivity (Wildman–Crippen MR) is 161 cm³/mol. The normalized spacial score (nSPS) is 11.9. The van der Waals surface area contributed by atoms with E-state index in [1.165, 1.54) is 37.3 Å². The first-order chi connectivity index (χ1) is 20.0. The number of carbonyl (C=O) groups excluding carboxylic acids is 2. The molecule has 1 N–H and O–H groups in total. The van der Waals surface area contributed by atoms with Gasteiger partial charge in [-0.3, -0.25) is 13.9 Å². The van der Waals surface area contributed by atoms with E-state index in [-0.39, 0.29) is 29.1 Å². The molecule has 0 fully saturated rings. The number of nitrogens with one attached hydrogen (secondary N) is 1. The van der Waals surface area contributed by atoms with Crippen LogP contribution in [0.2, 0.25) is 0 Å². The predicted octanol–water partition coefficient (Wildman–Crippen LogP) is 4.24. The monoisotopic (exact) mass is 597 g/mol. The summed E-state index contributed by atoms with van der Waals surface area (Å²) in [4.78, 5) is 28.9.